The normalized spacial score (nSPS) is 24.4. The van der Waals surface area contributed by atoms with Gasteiger partial charge in [0.25, 0.3) is 5.91 Å². The first-order chi connectivity index (χ1) is 9.72. The molecule has 0 aromatic rings. The van der Waals surface area contributed by atoms with E-state index in [4.69, 9.17) is 5.11 Å². The smallest absolute Gasteiger partial charge is 0.325 e. The van der Waals surface area contributed by atoms with Crippen LogP contribution in [0.15, 0.2) is 0 Å². The second-order valence-electron chi connectivity index (χ2n) is 5.93. The van der Waals surface area contributed by atoms with Gasteiger partial charge in [-0.3, -0.25) is 19.3 Å². The van der Waals surface area contributed by atoms with Crippen LogP contribution >= 0.6 is 0 Å². The molecule has 1 atom stereocenters. The van der Waals surface area contributed by atoms with Crippen LogP contribution in [0, 0.1) is 0 Å². The molecule has 0 aromatic carbocycles. The van der Waals surface area contributed by atoms with Crippen LogP contribution in [0.5, 0.6) is 0 Å². The highest BCUT2D eigenvalue weighted by molar-refractivity contribution is 6.08. The van der Waals surface area contributed by atoms with Crippen LogP contribution in [-0.4, -0.2) is 63.4 Å². The van der Waals surface area contributed by atoms with E-state index in [9.17, 15) is 19.2 Å². The number of amides is 4. The SMILES string of the molecule is CC1(C)NC(=O)N(CC(=O)N2CCCC2CC(=O)O)C1=O. The Labute approximate surface area is 122 Å². The lowest BCUT2D eigenvalue weighted by molar-refractivity contribution is -0.142. The number of urea groups is 1. The number of rotatable bonds is 4. The molecule has 0 aromatic heterocycles. The first-order valence-electron chi connectivity index (χ1n) is 6.88. The maximum Gasteiger partial charge on any atom is 0.325 e. The Morgan fingerprint density at radius 3 is 2.57 bits per heavy atom. The number of carbonyl (C=O) groups excluding carboxylic acids is 3. The third-order valence-electron chi connectivity index (χ3n) is 3.85. The molecule has 2 aliphatic heterocycles. The summed E-state index contributed by atoms with van der Waals surface area (Å²) in [4.78, 5) is 49.2. The molecule has 0 bridgehead atoms. The summed E-state index contributed by atoms with van der Waals surface area (Å²) in [6.07, 6.45) is 1.25. The largest absolute Gasteiger partial charge is 0.481 e. The van der Waals surface area contributed by atoms with Crippen molar-refractivity contribution in [2.24, 2.45) is 0 Å². The van der Waals surface area contributed by atoms with Gasteiger partial charge in [0.2, 0.25) is 5.91 Å². The monoisotopic (exact) mass is 297 g/mol. The van der Waals surface area contributed by atoms with Gasteiger partial charge in [0.1, 0.15) is 12.1 Å². The summed E-state index contributed by atoms with van der Waals surface area (Å²) in [5, 5.41) is 11.3. The van der Waals surface area contributed by atoms with Crippen LogP contribution in [0.3, 0.4) is 0 Å². The molecule has 0 aliphatic carbocycles. The number of aliphatic carboxylic acids is 1. The van der Waals surface area contributed by atoms with Crippen LogP contribution in [-0.2, 0) is 14.4 Å². The van der Waals surface area contributed by atoms with Gasteiger partial charge in [-0.1, -0.05) is 0 Å². The molecule has 2 fully saturated rings. The number of hydrogen-bond acceptors (Lipinski definition) is 4. The first-order valence-corrected chi connectivity index (χ1v) is 6.88. The third-order valence-corrected chi connectivity index (χ3v) is 3.85. The number of likely N-dealkylation sites (tertiary alicyclic amines) is 1. The summed E-state index contributed by atoms with van der Waals surface area (Å²) < 4.78 is 0. The van der Waals surface area contributed by atoms with E-state index >= 15 is 0 Å². The lowest BCUT2D eigenvalue weighted by atomic mass is 10.1. The van der Waals surface area contributed by atoms with Crippen molar-refractivity contribution in [1.29, 1.82) is 0 Å². The number of carboxylic acids is 1. The van der Waals surface area contributed by atoms with Crippen molar-refractivity contribution in [3.05, 3.63) is 0 Å². The Kier molecular flexibility index (Phi) is 3.89. The average Bonchev–Trinajstić information content (AvgIpc) is 2.87. The standard InChI is InChI=1S/C13H19N3O5/c1-13(2)11(20)16(12(21)14-13)7-9(17)15-5-3-4-8(15)6-10(18)19/h8H,3-7H2,1-2H3,(H,14,21)(H,18,19). The zero-order valence-electron chi connectivity index (χ0n) is 12.1. The van der Waals surface area contributed by atoms with Gasteiger partial charge in [-0.2, -0.15) is 0 Å². The molecular formula is C13H19N3O5. The Bertz CT molecular complexity index is 502. The molecule has 1 unspecified atom stereocenters. The lowest BCUT2D eigenvalue weighted by Gasteiger charge is -2.25. The molecule has 8 nitrogen and oxygen atoms in total. The summed E-state index contributed by atoms with van der Waals surface area (Å²) in [7, 11) is 0. The van der Waals surface area contributed by atoms with Crippen LogP contribution in [0.1, 0.15) is 33.1 Å². The van der Waals surface area contributed by atoms with E-state index in [2.05, 4.69) is 5.32 Å². The van der Waals surface area contributed by atoms with E-state index in [1.165, 1.54) is 4.90 Å². The van der Waals surface area contributed by atoms with E-state index in [1.807, 2.05) is 0 Å². The molecule has 2 rings (SSSR count). The maximum atomic E-state index is 12.3. The molecule has 2 heterocycles. The number of imide groups is 1. The van der Waals surface area contributed by atoms with E-state index in [-0.39, 0.29) is 24.9 Å². The third kappa shape index (κ3) is 2.98. The van der Waals surface area contributed by atoms with Crippen molar-refractivity contribution in [2.45, 2.75) is 44.7 Å². The summed E-state index contributed by atoms with van der Waals surface area (Å²) >= 11 is 0. The molecule has 0 saturated carbocycles. The maximum absolute atomic E-state index is 12.3. The minimum absolute atomic E-state index is 0.114. The number of nitrogens with zero attached hydrogens (tertiary/aromatic N) is 2. The highest BCUT2D eigenvalue weighted by Crippen LogP contribution is 2.22. The van der Waals surface area contributed by atoms with Gasteiger partial charge in [-0.05, 0) is 26.7 Å². The number of hydrogen-bond donors (Lipinski definition) is 2. The Morgan fingerprint density at radius 2 is 2.05 bits per heavy atom. The highest BCUT2D eigenvalue weighted by atomic mass is 16.4. The summed E-state index contributed by atoms with van der Waals surface area (Å²) in [6, 6.07) is -0.948. The fraction of sp³-hybridized carbons (Fsp3) is 0.692. The van der Waals surface area contributed by atoms with Crippen molar-refractivity contribution in [3.8, 4) is 0 Å². The lowest BCUT2D eigenvalue weighted by Crippen LogP contribution is -2.46. The summed E-state index contributed by atoms with van der Waals surface area (Å²) in [5.41, 5.74) is -1.01. The van der Waals surface area contributed by atoms with Gasteiger partial charge < -0.3 is 15.3 Å². The molecule has 2 aliphatic rings. The minimum Gasteiger partial charge on any atom is -0.481 e. The van der Waals surface area contributed by atoms with E-state index < -0.39 is 23.4 Å². The predicted molar refractivity (Wildman–Crippen MR) is 71.3 cm³/mol. The van der Waals surface area contributed by atoms with Crippen LogP contribution < -0.4 is 5.32 Å². The van der Waals surface area contributed by atoms with E-state index in [0.29, 0.717) is 13.0 Å². The molecule has 2 N–H and O–H groups in total. The Morgan fingerprint density at radius 1 is 1.38 bits per heavy atom. The number of carbonyl (C=O) groups is 4. The Balaban J connectivity index is 2.03. The summed E-state index contributed by atoms with van der Waals surface area (Å²) in [6.45, 7) is 3.26. The van der Waals surface area contributed by atoms with Gasteiger partial charge in [0.05, 0.1) is 6.42 Å². The van der Waals surface area contributed by atoms with Crippen molar-refractivity contribution >= 4 is 23.8 Å². The van der Waals surface area contributed by atoms with Crippen LogP contribution in [0.2, 0.25) is 0 Å². The molecule has 21 heavy (non-hydrogen) atoms. The van der Waals surface area contributed by atoms with E-state index in [1.54, 1.807) is 13.8 Å². The average molecular weight is 297 g/mol. The van der Waals surface area contributed by atoms with E-state index in [0.717, 1.165) is 11.3 Å². The zero-order valence-corrected chi connectivity index (χ0v) is 12.1. The quantitative estimate of drug-likeness (QED) is 0.698. The zero-order chi connectivity index (χ0) is 15.8. The van der Waals surface area contributed by atoms with Crippen molar-refractivity contribution in [2.75, 3.05) is 13.1 Å². The molecule has 0 spiro atoms. The second-order valence-corrected chi connectivity index (χ2v) is 5.93. The van der Waals surface area contributed by atoms with Gasteiger partial charge >= 0.3 is 12.0 Å². The van der Waals surface area contributed by atoms with Crippen LogP contribution in [0.25, 0.3) is 0 Å². The Hall–Kier alpha value is -2.12. The molecule has 4 amide bonds. The van der Waals surface area contributed by atoms with Gasteiger partial charge in [-0.25, -0.2) is 4.79 Å². The second kappa shape index (κ2) is 5.34. The topological polar surface area (TPSA) is 107 Å². The highest BCUT2D eigenvalue weighted by Gasteiger charge is 2.45. The van der Waals surface area contributed by atoms with Crippen LogP contribution in [0.4, 0.5) is 4.79 Å². The fourth-order valence-corrected chi connectivity index (χ4v) is 2.77. The summed E-state index contributed by atoms with van der Waals surface area (Å²) in [5.74, 6) is -1.80. The first kappa shape index (κ1) is 15.3. The van der Waals surface area contributed by atoms with Gasteiger partial charge in [0, 0.05) is 12.6 Å². The number of nitrogens with one attached hydrogen (secondary N) is 1. The van der Waals surface area contributed by atoms with Gasteiger partial charge in [0.15, 0.2) is 0 Å². The predicted octanol–water partition coefficient (Wildman–Crippen LogP) is -0.217. The fourth-order valence-electron chi connectivity index (χ4n) is 2.77. The van der Waals surface area contributed by atoms with Crippen molar-refractivity contribution in [3.63, 3.8) is 0 Å². The van der Waals surface area contributed by atoms with Gasteiger partial charge in [-0.15, -0.1) is 0 Å². The van der Waals surface area contributed by atoms with Crippen molar-refractivity contribution in [1.82, 2.24) is 15.1 Å². The molecule has 0 radical (unpaired) electrons. The molecule has 2 saturated heterocycles. The molecular weight excluding hydrogens is 278 g/mol. The minimum atomic E-state index is -1.01. The molecule has 116 valence electrons. The van der Waals surface area contributed by atoms with Crippen molar-refractivity contribution < 1.29 is 24.3 Å². The molecule has 8 heteroatoms. The number of carboxylic acid groups (broad SMARTS) is 1.